The first-order chi connectivity index (χ1) is 49.9. The molecule has 6 aromatic heterocycles. The maximum absolute atomic E-state index is 6.95. The highest BCUT2D eigenvalue weighted by Crippen LogP contribution is 2.50. The number of hydrogen-bond donors (Lipinski definition) is 2. The first-order valence-electron chi connectivity index (χ1n) is 34.3. The van der Waals surface area contributed by atoms with Crippen LogP contribution in [0.3, 0.4) is 0 Å². The summed E-state index contributed by atoms with van der Waals surface area (Å²) in [4.78, 5) is 2.36. The Morgan fingerprint density at radius 3 is 1.73 bits per heavy atom. The standard InChI is InChI=1S/C90H56N5O4S2/c1-94-87(50-16-4-2-5-17-50)91-86(92-90(94)72-29-15-28-71-63-21-9-11-31-79(63)101-85(71)72)55-34-39-61-60-38-33-54(45-76(60)96-77(61)46-55)58-22-12-27-70-73-44-52(36-43-75(73)98-82(58)70)53-32-40-64-65-41-35-56(48-81(65)100-80(64)47-53)89-93-88(51-18-6-3-7-19-51)95(89)57-37-42-62-67-24-14-26-69(84(67)99-78(62)49-57)68-25-13-23-66-59-20-8-10-30-74(59)97-83(66)68/h2-49,86-87,89-90,92H,1H3/q-1/p+1. The lowest BCUT2D eigenvalue weighted by molar-refractivity contribution is -0.531. The second-order valence-electron chi connectivity index (χ2n) is 26.9. The van der Waals surface area contributed by atoms with E-state index in [0.717, 1.165) is 149 Å². The third-order valence-electron chi connectivity index (χ3n) is 21.3. The van der Waals surface area contributed by atoms with Crippen molar-refractivity contribution in [3.8, 4) is 33.4 Å². The monoisotopic (exact) mass is 1340 g/mol. The van der Waals surface area contributed by atoms with Gasteiger partial charge in [-0.1, -0.05) is 218 Å². The van der Waals surface area contributed by atoms with Crippen molar-refractivity contribution in [2.24, 2.45) is 0 Å². The molecule has 0 spiro atoms. The second kappa shape index (κ2) is 22.0. The second-order valence-corrected chi connectivity index (χ2v) is 29.0. The van der Waals surface area contributed by atoms with Crippen LogP contribution in [0.5, 0.6) is 0 Å². The predicted molar refractivity (Wildman–Crippen MR) is 416 cm³/mol. The summed E-state index contributed by atoms with van der Waals surface area (Å²) >= 11 is 3.70. The zero-order valence-corrected chi connectivity index (χ0v) is 55.9. The van der Waals surface area contributed by atoms with Crippen molar-refractivity contribution in [3.05, 3.63) is 324 Å². The highest BCUT2D eigenvalue weighted by Gasteiger charge is 2.41. The fourth-order valence-corrected chi connectivity index (χ4v) is 18.8. The number of fused-ring (bicyclic) bond motifs is 18. The molecular formula is C90H57N5O4S2. The Balaban J connectivity index is 0.562. The summed E-state index contributed by atoms with van der Waals surface area (Å²) in [6.45, 7) is 0. The SMILES string of the molecule is CN1C(c2ccccc2)[N-]C(c2ccc3c(c2)oc2cc(-c4cccc5c4oc4ccc(-c6ccc7c(c6)sc6cc(C8NC(c9ccccc9)=[N+]8c8ccc9c(c8)oc8c(-c%10cccc%11c%10oc%10ccccc%10%11)cccc89)ccc67)cc45)ccc23)NC1c1cccc2c1sc1ccccc12. The van der Waals surface area contributed by atoms with Crippen LogP contribution in [0.4, 0.5) is 5.69 Å². The Morgan fingerprint density at radius 1 is 0.356 bits per heavy atom. The Hall–Kier alpha value is -11.9. The molecule has 0 aliphatic carbocycles. The Kier molecular flexibility index (Phi) is 12.4. The van der Waals surface area contributed by atoms with Gasteiger partial charge in [0.1, 0.15) is 50.4 Å². The van der Waals surface area contributed by atoms with Crippen molar-refractivity contribution in [2.45, 2.75) is 24.7 Å². The van der Waals surface area contributed by atoms with Crippen LogP contribution in [0.2, 0.25) is 0 Å². The minimum Gasteiger partial charge on any atom is -0.624 e. The average molecular weight is 1340 g/mol. The maximum atomic E-state index is 6.95. The molecule has 1 fully saturated rings. The average Bonchev–Trinajstić information content (AvgIpc) is 1.69. The summed E-state index contributed by atoms with van der Waals surface area (Å²) < 4.78 is 34.6. The van der Waals surface area contributed by atoms with Gasteiger partial charge < -0.3 is 33.2 Å². The molecular weight excluding hydrogens is 1280 g/mol. The van der Waals surface area contributed by atoms with Crippen LogP contribution < -0.4 is 10.6 Å². The lowest BCUT2D eigenvalue weighted by Crippen LogP contribution is -2.51. The molecule has 4 unspecified atom stereocenters. The smallest absolute Gasteiger partial charge is 0.289 e. The summed E-state index contributed by atoms with van der Waals surface area (Å²) in [7, 11) is 2.18. The highest BCUT2D eigenvalue weighted by atomic mass is 32.1. The molecule has 4 atom stereocenters. The van der Waals surface area contributed by atoms with Gasteiger partial charge in [-0.3, -0.25) is 0 Å². The minimum absolute atomic E-state index is 0.110. The predicted octanol–water partition coefficient (Wildman–Crippen LogP) is 24.7. The molecule has 0 amide bonds. The highest BCUT2D eigenvalue weighted by molar-refractivity contribution is 7.26. The first kappa shape index (κ1) is 57.0. The van der Waals surface area contributed by atoms with Crippen LogP contribution in [-0.4, -0.2) is 22.4 Å². The van der Waals surface area contributed by atoms with Crippen LogP contribution in [-0.2, 0) is 0 Å². The van der Waals surface area contributed by atoms with Crippen LogP contribution in [0.1, 0.15) is 52.5 Å². The van der Waals surface area contributed by atoms with E-state index in [-0.39, 0.29) is 24.7 Å². The van der Waals surface area contributed by atoms with Gasteiger partial charge >= 0.3 is 0 Å². The third kappa shape index (κ3) is 8.81. The molecule has 2 aliphatic heterocycles. The zero-order chi connectivity index (χ0) is 66.1. The fraction of sp³-hybridized carbons (Fsp3) is 0.0556. The van der Waals surface area contributed by atoms with Gasteiger partial charge in [0.15, 0.2) is 0 Å². The summed E-state index contributed by atoms with van der Waals surface area (Å²) in [6, 6.07) is 104. The number of amidine groups is 1. The van der Waals surface area contributed by atoms with Crippen molar-refractivity contribution in [1.29, 1.82) is 0 Å². The lowest BCUT2D eigenvalue weighted by Gasteiger charge is -2.55. The number of furan rings is 4. The van der Waals surface area contributed by atoms with E-state index < -0.39 is 0 Å². The number of para-hydroxylation sites is 4. The molecule has 478 valence electrons. The summed E-state index contributed by atoms with van der Waals surface area (Å²) in [5, 5.41) is 27.1. The van der Waals surface area contributed by atoms with E-state index in [2.05, 4.69) is 306 Å². The maximum Gasteiger partial charge on any atom is 0.289 e. The molecule has 1 saturated heterocycles. The van der Waals surface area contributed by atoms with Gasteiger partial charge in [0.2, 0.25) is 0 Å². The Bertz CT molecular complexity index is 6890. The molecule has 0 radical (unpaired) electrons. The van der Waals surface area contributed by atoms with E-state index in [1.54, 1.807) is 0 Å². The van der Waals surface area contributed by atoms with E-state index in [4.69, 9.17) is 23.0 Å². The number of rotatable bonds is 9. The van der Waals surface area contributed by atoms with Crippen molar-refractivity contribution in [2.75, 3.05) is 7.05 Å². The lowest BCUT2D eigenvalue weighted by atomic mass is 9.98. The first-order valence-corrected chi connectivity index (χ1v) is 35.9. The van der Waals surface area contributed by atoms with E-state index in [0.29, 0.717) is 0 Å². The topological polar surface area (TPSA) is 97.0 Å². The fourth-order valence-electron chi connectivity index (χ4n) is 16.4. The van der Waals surface area contributed by atoms with Crippen molar-refractivity contribution >= 4 is 162 Å². The minimum atomic E-state index is -0.302. The molecule has 2 N–H and O–H groups in total. The zero-order valence-electron chi connectivity index (χ0n) is 54.3. The van der Waals surface area contributed by atoms with Crippen LogP contribution in [0.25, 0.3) is 167 Å². The van der Waals surface area contributed by atoms with Crippen LogP contribution in [0, 0.1) is 0 Å². The van der Waals surface area contributed by atoms with Gasteiger partial charge in [-0.05, 0) is 114 Å². The van der Waals surface area contributed by atoms with Gasteiger partial charge in [-0.15, -0.1) is 22.7 Å². The molecule has 8 heterocycles. The van der Waals surface area contributed by atoms with E-state index >= 15 is 0 Å². The van der Waals surface area contributed by atoms with Crippen molar-refractivity contribution in [3.63, 3.8) is 0 Å². The number of nitrogens with one attached hydrogen (secondary N) is 2. The molecule has 20 aromatic rings. The van der Waals surface area contributed by atoms with Gasteiger partial charge in [-0.2, -0.15) is 4.58 Å². The number of thiophene rings is 2. The molecule has 0 bridgehead atoms. The normalized spacial score (nSPS) is 16.9. The summed E-state index contributed by atoms with van der Waals surface area (Å²) in [6.07, 6.45) is -0.712. The summed E-state index contributed by atoms with van der Waals surface area (Å²) in [5.41, 5.74) is 19.9. The number of hydrogen-bond acceptors (Lipinski definition) is 9. The van der Waals surface area contributed by atoms with Crippen LogP contribution >= 0.6 is 22.7 Å². The number of benzene rings is 14. The van der Waals surface area contributed by atoms with Gasteiger partial charge in [-0.25, -0.2) is 5.32 Å². The number of nitrogens with zero attached hydrogens (tertiary/aromatic N) is 3. The molecule has 14 aromatic carbocycles. The third-order valence-corrected chi connectivity index (χ3v) is 23.6. The van der Waals surface area contributed by atoms with Crippen molar-refractivity contribution in [1.82, 2.24) is 15.5 Å². The Labute approximate surface area is 585 Å². The van der Waals surface area contributed by atoms with E-state index in [1.807, 2.05) is 34.8 Å². The van der Waals surface area contributed by atoms with E-state index in [1.165, 1.54) is 51.5 Å². The van der Waals surface area contributed by atoms with Gasteiger partial charge in [0, 0.05) is 117 Å². The summed E-state index contributed by atoms with van der Waals surface area (Å²) in [5.74, 6) is 1.05. The molecule has 11 heteroatoms. The molecule has 9 nitrogen and oxygen atoms in total. The largest absolute Gasteiger partial charge is 0.624 e. The Morgan fingerprint density at radius 2 is 0.911 bits per heavy atom. The van der Waals surface area contributed by atoms with Crippen molar-refractivity contribution < 1.29 is 22.2 Å². The molecule has 101 heavy (non-hydrogen) atoms. The van der Waals surface area contributed by atoms with E-state index in [9.17, 15) is 0 Å². The van der Waals surface area contributed by atoms with Gasteiger partial charge in [0.25, 0.3) is 12.0 Å². The molecule has 0 saturated carbocycles. The van der Waals surface area contributed by atoms with Gasteiger partial charge in [0.05, 0.1) is 11.7 Å². The molecule has 2 aliphatic rings. The molecule has 22 rings (SSSR count). The quantitative estimate of drug-likeness (QED) is 0.139. The van der Waals surface area contributed by atoms with Crippen LogP contribution in [0.15, 0.2) is 309 Å².